The zero-order chi connectivity index (χ0) is 15.1. The molecule has 0 aliphatic heterocycles. The Morgan fingerprint density at radius 3 is 2.14 bits per heavy atom. The number of carbonyl (C=O) groups is 2. The van der Waals surface area contributed by atoms with Gasteiger partial charge in [0, 0.05) is 17.7 Å². The molecule has 0 aromatic carbocycles. The highest BCUT2D eigenvalue weighted by atomic mass is 79.9. The number of carbonyl (C=O) groups excluding carboxylic acids is 2. The minimum atomic E-state index is -0.179. The second-order valence-corrected chi connectivity index (χ2v) is 7.35. The molecule has 0 radical (unpaired) electrons. The fourth-order valence-corrected chi connectivity index (χ4v) is 4.23. The van der Waals surface area contributed by atoms with Crippen LogP contribution in [0.1, 0.15) is 64.2 Å². The van der Waals surface area contributed by atoms with E-state index in [2.05, 4.69) is 15.9 Å². The number of halogens is 1. The first-order valence-corrected chi connectivity index (χ1v) is 9.55. The molecule has 2 rings (SSSR count). The molecule has 2 saturated carbocycles. The second kappa shape index (κ2) is 8.92. The van der Waals surface area contributed by atoms with E-state index in [4.69, 9.17) is 4.74 Å². The fourth-order valence-electron chi connectivity index (χ4n) is 3.58. The zero-order valence-corrected chi connectivity index (χ0v) is 14.4. The Hall–Kier alpha value is -0.380. The molecular formula is C17H27BrO3. The molecule has 2 aliphatic carbocycles. The smallest absolute Gasteiger partial charge is 0.306 e. The van der Waals surface area contributed by atoms with Gasteiger partial charge in [0.15, 0.2) is 5.78 Å². The third-order valence-corrected chi connectivity index (χ3v) is 5.99. The number of ether oxygens (including phenoxy) is 1. The van der Waals surface area contributed by atoms with Crippen molar-refractivity contribution in [3.8, 4) is 0 Å². The van der Waals surface area contributed by atoms with Crippen LogP contribution < -0.4 is 0 Å². The molecule has 0 saturated heterocycles. The molecule has 0 amide bonds. The summed E-state index contributed by atoms with van der Waals surface area (Å²) in [5.41, 5.74) is 0. The number of esters is 1. The van der Waals surface area contributed by atoms with E-state index in [0.29, 0.717) is 12.3 Å². The lowest BCUT2D eigenvalue weighted by Gasteiger charge is -2.26. The van der Waals surface area contributed by atoms with Crippen molar-refractivity contribution in [1.82, 2.24) is 0 Å². The summed E-state index contributed by atoms with van der Waals surface area (Å²) in [5.74, 6) is 1.32. The molecule has 21 heavy (non-hydrogen) atoms. The van der Waals surface area contributed by atoms with Gasteiger partial charge in [-0.05, 0) is 50.4 Å². The van der Waals surface area contributed by atoms with Crippen LogP contribution in [0.25, 0.3) is 0 Å². The minimum Gasteiger partial charge on any atom is -0.458 e. The lowest BCUT2D eigenvalue weighted by Crippen LogP contribution is -2.25. The lowest BCUT2D eigenvalue weighted by atomic mass is 9.81. The van der Waals surface area contributed by atoms with E-state index >= 15 is 0 Å². The number of hydrogen-bond donors (Lipinski definition) is 0. The topological polar surface area (TPSA) is 43.4 Å². The van der Waals surface area contributed by atoms with Crippen LogP contribution >= 0.6 is 15.9 Å². The maximum atomic E-state index is 12.0. The van der Waals surface area contributed by atoms with Gasteiger partial charge < -0.3 is 4.74 Å². The maximum absolute atomic E-state index is 12.0. The SMILES string of the molecule is O=C(CC1CCC(CBr)CC1)OCC(=O)C1CCCCC1. The third kappa shape index (κ3) is 5.72. The fraction of sp³-hybridized carbons (Fsp3) is 0.882. The van der Waals surface area contributed by atoms with Crippen LogP contribution in [0.2, 0.25) is 0 Å². The molecule has 120 valence electrons. The van der Waals surface area contributed by atoms with Gasteiger partial charge in [-0.25, -0.2) is 0 Å². The summed E-state index contributed by atoms with van der Waals surface area (Å²) in [6.07, 6.45) is 10.6. The first-order valence-electron chi connectivity index (χ1n) is 8.43. The molecule has 0 aromatic rings. The van der Waals surface area contributed by atoms with Gasteiger partial charge in [0.05, 0.1) is 0 Å². The molecule has 4 heteroatoms. The first kappa shape index (κ1) is 17.0. The zero-order valence-electron chi connectivity index (χ0n) is 12.8. The molecule has 3 nitrogen and oxygen atoms in total. The van der Waals surface area contributed by atoms with Crippen molar-refractivity contribution < 1.29 is 14.3 Å². The lowest BCUT2D eigenvalue weighted by molar-refractivity contribution is -0.150. The van der Waals surface area contributed by atoms with Crippen LogP contribution in [-0.4, -0.2) is 23.7 Å². The second-order valence-electron chi connectivity index (χ2n) is 6.71. The average Bonchev–Trinajstić information content (AvgIpc) is 2.54. The number of hydrogen-bond acceptors (Lipinski definition) is 3. The predicted octanol–water partition coefficient (Wildman–Crippen LogP) is 4.27. The Kier molecular flexibility index (Phi) is 7.21. The molecule has 0 spiro atoms. The van der Waals surface area contributed by atoms with E-state index in [-0.39, 0.29) is 24.3 Å². The van der Waals surface area contributed by atoms with Crippen molar-refractivity contribution in [3.63, 3.8) is 0 Å². The van der Waals surface area contributed by atoms with Gasteiger partial charge in [-0.15, -0.1) is 0 Å². The first-order chi connectivity index (χ1) is 10.2. The molecular weight excluding hydrogens is 332 g/mol. The Bertz CT molecular complexity index is 342. The van der Waals surface area contributed by atoms with Gasteiger partial charge in [0.2, 0.25) is 0 Å². The van der Waals surface area contributed by atoms with Crippen LogP contribution in [0.4, 0.5) is 0 Å². The summed E-state index contributed by atoms with van der Waals surface area (Å²) in [6, 6.07) is 0. The number of rotatable bonds is 6. The minimum absolute atomic E-state index is 0.000243. The number of ketones is 1. The number of Topliss-reactive ketones (excluding diaryl/α,β-unsaturated/α-hetero) is 1. The van der Waals surface area contributed by atoms with Crippen LogP contribution in [0.15, 0.2) is 0 Å². The molecule has 0 N–H and O–H groups in total. The summed E-state index contributed by atoms with van der Waals surface area (Å²) in [5, 5.41) is 1.07. The Morgan fingerprint density at radius 1 is 0.905 bits per heavy atom. The van der Waals surface area contributed by atoms with E-state index in [1.165, 1.54) is 19.3 Å². The van der Waals surface area contributed by atoms with E-state index in [9.17, 15) is 9.59 Å². The van der Waals surface area contributed by atoms with Crippen LogP contribution in [0.5, 0.6) is 0 Å². The normalized spacial score (nSPS) is 27.3. The standard InChI is InChI=1S/C17H27BrO3/c18-11-14-8-6-13(7-9-14)10-17(20)21-12-16(19)15-4-2-1-3-5-15/h13-15H,1-12H2. The highest BCUT2D eigenvalue weighted by Crippen LogP contribution is 2.32. The van der Waals surface area contributed by atoms with Gasteiger partial charge in [0.25, 0.3) is 0 Å². The van der Waals surface area contributed by atoms with Crippen molar-refractivity contribution in [2.45, 2.75) is 64.2 Å². The van der Waals surface area contributed by atoms with Crippen molar-refractivity contribution in [1.29, 1.82) is 0 Å². The van der Waals surface area contributed by atoms with E-state index in [1.54, 1.807) is 0 Å². The van der Waals surface area contributed by atoms with Crippen molar-refractivity contribution in [2.24, 2.45) is 17.8 Å². The third-order valence-electron chi connectivity index (χ3n) is 5.08. The van der Waals surface area contributed by atoms with Gasteiger partial charge in [-0.1, -0.05) is 35.2 Å². The molecule has 0 bridgehead atoms. The Balaban J connectivity index is 1.62. The largest absolute Gasteiger partial charge is 0.458 e. The van der Waals surface area contributed by atoms with Crippen molar-refractivity contribution >= 4 is 27.7 Å². The summed E-state index contributed by atoms with van der Waals surface area (Å²) >= 11 is 3.53. The molecule has 0 unspecified atom stereocenters. The highest BCUT2D eigenvalue weighted by molar-refractivity contribution is 9.09. The summed E-state index contributed by atoms with van der Waals surface area (Å²) in [4.78, 5) is 23.9. The summed E-state index contributed by atoms with van der Waals surface area (Å²) in [6.45, 7) is 0.000243. The summed E-state index contributed by atoms with van der Waals surface area (Å²) < 4.78 is 5.22. The van der Waals surface area contributed by atoms with Crippen LogP contribution in [0, 0.1) is 17.8 Å². The average molecular weight is 359 g/mol. The van der Waals surface area contributed by atoms with Gasteiger partial charge in [-0.3, -0.25) is 9.59 Å². The maximum Gasteiger partial charge on any atom is 0.306 e. The Labute approximate surface area is 136 Å². The summed E-state index contributed by atoms with van der Waals surface area (Å²) in [7, 11) is 0. The van der Waals surface area contributed by atoms with Gasteiger partial charge in [-0.2, -0.15) is 0 Å². The van der Waals surface area contributed by atoms with Crippen LogP contribution in [0.3, 0.4) is 0 Å². The predicted molar refractivity (Wildman–Crippen MR) is 86.4 cm³/mol. The van der Waals surface area contributed by atoms with Gasteiger partial charge in [0.1, 0.15) is 6.61 Å². The highest BCUT2D eigenvalue weighted by Gasteiger charge is 2.25. The number of alkyl halides is 1. The van der Waals surface area contributed by atoms with Crippen molar-refractivity contribution in [3.05, 3.63) is 0 Å². The Morgan fingerprint density at radius 2 is 1.52 bits per heavy atom. The molecule has 0 atom stereocenters. The molecule has 2 fully saturated rings. The molecule has 0 aromatic heterocycles. The van der Waals surface area contributed by atoms with E-state index < -0.39 is 0 Å². The van der Waals surface area contributed by atoms with Crippen LogP contribution in [-0.2, 0) is 14.3 Å². The monoisotopic (exact) mass is 358 g/mol. The van der Waals surface area contributed by atoms with E-state index in [0.717, 1.165) is 49.8 Å². The van der Waals surface area contributed by atoms with Crippen molar-refractivity contribution in [2.75, 3.05) is 11.9 Å². The quantitative estimate of drug-likeness (QED) is 0.525. The molecule has 2 aliphatic rings. The van der Waals surface area contributed by atoms with Gasteiger partial charge >= 0.3 is 5.97 Å². The molecule has 0 heterocycles. The van der Waals surface area contributed by atoms with E-state index in [1.807, 2.05) is 0 Å².